The highest BCUT2D eigenvalue weighted by molar-refractivity contribution is 5.65. The Morgan fingerprint density at radius 2 is 0.739 bits per heavy atom. The van der Waals surface area contributed by atoms with E-state index in [1.54, 1.807) is 13.8 Å². The lowest BCUT2D eigenvalue weighted by atomic mass is 9.64. The van der Waals surface area contributed by atoms with Crippen molar-refractivity contribution in [3.8, 4) is 0 Å². The number of hydrogen-bond acceptors (Lipinski definition) is 18. The molecule has 0 atom stereocenters. The molecular weight excluding hydrogens is 1140 g/mol. The Morgan fingerprint density at radius 1 is 0.409 bits per heavy atom. The Balaban J connectivity index is 0.000000276. The molecule has 8 rings (SSSR count). The third kappa shape index (κ3) is 15.0. The van der Waals surface area contributed by atoms with Crippen LogP contribution < -0.4 is 94.5 Å². The Hall–Kier alpha value is -6.93. The van der Waals surface area contributed by atoms with E-state index in [2.05, 4.69) is 6.92 Å². The summed E-state index contributed by atoms with van der Waals surface area (Å²) in [7, 11) is 10.7. The second-order valence-corrected chi connectivity index (χ2v) is 27.0. The molecule has 2 saturated carbocycles. The van der Waals surface area contributed by atoms with E-state index in [0.29, 0.717) is 57.5 Å². The molecule has 0 aliphatic heterocycles. The first kappa shape index (κ1) is 75.3. The van der Waals surface area contributed by atoms with Crippen LogP contribution >= 0.6 is 0 Å². The van der Waals surface area contributed by atoms with Gasteiger partial charge in [-0.1, -0.05) is 61.3 Å². The van der Waals surface area contributed by atoms with Gasteiger partial charge in [0.15, 0.2) is 0 Å². The molecule has 2 aliphatic rings. The zero-order valence-electron chi connectivity index (χ0n) is 56.8. The summed E-state index contributed by atoms with van der Waals surface area (Å²) in [5, 5.41) is 0. The van der Waals surface area contributed by atoms with Crippen LogP contribution in [0.2, 0.25) is 0 Å². The van der Waals surface area contributed by atoms with Gasteiger partial charge >= 0.3 is 6.18 Å². The molecule has 0 radical (unpaired) electrons. The molecule has 0 N–H and O–H groups in total. The van der Waals surface area contributed by atoms with Crippen molar-refractivity contribution in [1.82, 2.24) is 0 Å². The fourth-order valence-corrected chi connectivity index (χ4v) is 10.4. The molecular formula is C67H97F3N6O12. The lowest BCUT2D eigenvalue weighted by Crippen LogP contribution is -2.51. The van der Waals surface area contributed by atoms with Crippen molar-refractivity contribution in [1.29, 1.82) is 0 Å². The van der Waals surface area contributed by atoms with E-state index < -0.39 is 28.3 Å². The molecule has 0 amide bonds. The first-order valence-corrected chi connectivity index (χ1v) is 30.6. The summed E-state index contributed by atoms with van der Waals surface area (Å²) in [5.41, 5.74) is -0.779. The average molecular weight is 1240 g/mol. The highest BCUT2D eigenvalue weighted by atomic mass is 19.4. The van der Waals surface area contributed by atoms with E-state index in [0.717, 1.165) is 41.7 Å². The van der Waals surface area contributed by atoms with E-state index in [1.807, 2.05) is 171 Å². The predicted molar refractivity (Wildman–Crippen MR) is 354 cm³/mol. The Bertz CT molecular complexity index is 3770. The van der Waals surface area contributed by atoms with Gasteiger partial charge in [0.2, 0.25) is 65.1 Å². The van der Waals surface area contributed by atoms with Crippen LogP contribution in [0.5, 0.6) is 0 Å². The van der Waals surface area contributed by atoms with Crippen LogP contribution in [0.15, 0.2) is 57.5 Å². The second-order valence-electron chi connectivity index (χ2n) is 27.0. The van der Waals surface area contributed by atoms with Gasteiger partial charge < -0.3 is 29.4 Å². The van der Waals surface area contributed by atoms with E-state index in [1.165, 1.54) is 19.9 Å². The highest BCUT2D eigenvalue weighted by Crippen LogP contribution is 2.45. The smallest absolute Gasteiger partial charge is 0.369 e. The van der Waals surface area contributed by atoms with Crippen LogP contribution in [0.1, 0.15) is 215 Å². The summed E-state index contributed by atoms with van der Waals surface area (Å²) < 4.78 is 37.0. The van der Waals surface area contributed by atoms with Gasteiger partial charge in [0.1, 0.15) is 11.3 Å². The largest absolute Gasteiger partial charge is 0.422 e. The molecule has 2 aliphatic carbocycles. The second kappa shape index (κ2) is 28.7. The van der Waals surface area contributed by atoms with Crippen LogP contribution in [0.4, 0.5) is 47.3 Å². The first-order chi connectivity index (χ1) is 40.1. The van der Waals surface area contributed by atoms with Crippen LogP contribution in [0.25, 0.3) is 0 Å². The Labute approximate surface area is 514 Å². The van der Waals surface area contributed by atoms with Crippen molar-refractivity contribution in [2.75, 3.05) is 71.7 Å². The number of halogens is 3. The maximum absolute atomic E-state index is 12.3. The Morgan fingerprint density at radius 3 is 1.08 bits per heavy atom. The number of hydrogen-bond donors (Lipinski definition) is 0. The van der Waals surface area contributed by atoms with E-state index in [-0.39, 0.29) is 107 Å². The van der Waals surface area contributed by atoms with Crippen LogP contribution in [-0.4, -0.2) is 78.5 Å². The molecule has 0 heterocycles. The lowest BCUT2D eigenvalue weighted by molar-refractivity contribution is -0.138. The zero-order chi connectivity index (χ0) is 68.4. The molecule has 2 fully saturated rings. The molecule has 0 saturated heterocycles. The van der Waals surface area contributed by atoms with Crippen molar-refractivity contribution in [2.45, 2.75) is 242 Å². The first-order valence-electron chi connectivity index (χ1n) is 30.6. The number of anilines is 6. The minimum atomic E-state index is -4.75. The van der Waals surface area contributed by atoms with Gasteiger partial charge in [0, 0.05) is 106 Å². The van der Waals surface area contributed by atoms with Crippen molar-refractivity contribution in [3.63, 3.8) is 0 Å². The van der Waals surface area contributed by atoms with Crippen LogP contribution in [-0.2, 0) is 23.4 Å². The maximum atomic E-state index is 12.3. The van der Waals surface area contributed by atoms with Gasteiger partial charge in [0.05, 0.1) is 28.4 Å². The average Bonchev–Trinajstić information content (AvgIpc) is 0.989. The number of alkyl halides is 3. The number of rotatable bonds is 16. The molecule has 88 heavy (non-hydrogen) atoms. The molecule has 6 aromatic carbocycles. The molecule has 18 nitrogen and oxygen atoms in total. The third-order valence-corrected chi connectivity index (χ3v) is 17.8. The topological polar surface area (TPSA) is 224 Å². The van der Waals surface area contributed by atoms with Crippen molar-refractivity contribution in [2.24, 2.45) is 0 Å². The van der Waals surface area contributed by atoms with Gasteiger partial charge in [-0.15, -0.1) is 0 Å². The van der Waals surface area contributed by atoms with Gasteiger partial charge in [0.25, 0.3) is 0 Å². The minimum absolute atomic E-state index is 0.0243. The predicted octanol–water partition coefficient (Wildman–Crippen LogP) is 7.47. The third-order valence-electron chi connectivity index (χ3n) is 17.8. The summed E-state index contributed by atoms with van der Waals surface area (Å²) in [4.78, 5) is 147. The van der Waals surface area contributed by atoms with Gasteiger partial charge in [-0.2, -0.15) is 13.2 Å². The molecule has 0 bridgehead atoms. The van der Waals surface area contributed by atoms with Crippen molar-refractivity contribution >= 4 is 34.1 Å². The highest BCUT2D eigenvalue weighted by Gasteiger charge is 2.45. The van der Waals surface area contributed by atoms with Crippen LogP contribution in [0.3, 0.4) is 0 Å². The zero-order valence-corrected chi connectivity index (χ0v) is 56.8. The fraction of sp³-hybridized carbons (Fsp3) is 0.642. The number of nitrogens with zero attached hydrogens (tertiary/aromatic N) is 6. The summed E-state index contributed by atoms with van der Waals surface area (Å²) in [6, 6.07) is 0.992. The monoisotopic (exact) mass is 1230 g/mol. The molecule has 0 unspecified atom stereocenters. The fourth-order valence-electron chi connectivity index (χ4n) is 10.4. The SMILES string of the molecule is CC(C)N(C)c1c(C(C)(C)C)c(=O)c1=O.CC(C)N(C)c1c(C(F)(F)F)c(=O)c1=O.CC(C)N(C)c1c(C2(C)CCC2)c(=O)c1=O.CC(C)N(C)c1c(C2CCC2)c(=O)c1=O.CC(C)c1c(N(C)C(C)C)c(=O)c1=O.CCc1c(N(C)C(C)C)c(=O)c1=O. The molecule has 0 aromatic heterocycles. The van der Waals surface area contributed by atoms with E-state index in [9.17, 15) is 70.7 Å². The molecule has 6 aromatic rings. The van der Waals surface area contributed by atoms with E-state index in [4.69, 9.17) is 0 Å². The summed E-state index contributed by atoms with van der Waals surface area (Å²) in [5.74, 6) is 0.503. The van der Waals surface area contributed by atoms with Gasteiger partial charge in [-0.3, -0.25) is 57.5 Å². The summed E-state index contributed by atoms with van der Waals surface area (Å²) in [6.45, 7) is 37.1. The molecule has 0 spiro atoms. The minimum Gasteiger partial charge on any atom is -0.369 e. The molecule has 21 heteroatoms. The quantitative estimate of drug-likeness (QED) is 0.0857. The Kier molecular flexibility index (Phi) is 24.6. The summed E-state index contributed by atoms with van der Waals surface area (Å²) >= 11 is 0. The molecule has 488 valence electrons. The van der Waals surface area contributed by atoms with Crippen molar-refractivity contribution < 1.29 is 13.2 Å². The van der Waals surface area contributed by atoms with Crippen molar-refractivity contribution in [3.05, 3.63) is 156 Å². The van der Waals surface area contributed by atoms with Crippen LogP contribution in [0, 0.1) is 0 Å². The normalized spacial score (nSPS) is 14.1. The lowest BCUT2D eigenvalue weighted by Gasteiger charge is -2.42. The van der Waals surface area contributed by atoms with Gasteiger partial charge in [-0.05, 0) is 138 Å². The van der Waals surface area contributed by atoms with Gasteiger partial charge in [-0.25, -0.2) is 0 Å². The maximum Gasteiger partial charge on any atom is 0.422 e. The summed E-state index contributed by atoms with van der Waals surface area (Å²) in [6.07, 6.45) is 2.48. The van der Waals surface area contributed by atoms with E-state index >= 15 is 0 Å². The standard InChI is InChI=1S/C13H19NO2.C12H17NO2.C12H19NO2.C11H17NO2.C10H15NO2.C9H10F3NO2/c1-8(2)14(4)10-9(11(15)12(10)16)13(3)6-5-7-13;1-7(2)13(3)10-9(8-5-4-6-8)11(14)12(10)15;1-7(2)13(6)9-8(12(3,4)5)10(14)11(9)15;1-6(2)8-9(11(14)10(8)13)12(5)7(3)4;1-5-7-8(10(13)9(7)12)11(4)6(2)3;1-4(2)13(3)6-5(9(10,11)12)7(14)8(6)15/h8H,5-7H2,1-4H3;7-8H,4-6H2,1-3H3;7H,1-6H3;6-7H,1-5H3;6H,5H2,1-4H3;4H,1-3H3.